The van der Waals surface area contributed by atoms with E-state index >= 15 is 0 Å². The van der Waals surface area contributed by atoms with Gasteiger partial charge in [-0.2, -0.15) is 0 Å². The van der Waals surface area contributed by atoms with Gasteiger partial charge in [0, 0.05) is 15.0 Å². The molecule has 0 spiro atoms. The highest BCUT2D eigenvalue weighted by molar-refractivity contribution is 9.11. The molecule has 0 amide bonds. The number of benzene rings is 1. The topological polar surface area (TPSA) is 0 Å². The first-order chi connectivity index (χ1) is 6.24. The van der Waals surface area contributed by atoms with Gasteiger partial charge in [0.05, 0.1) is 0 Å². The summed E-state index contributed by atoms with van der Waals surface area (Å²) >= 11 is 6.21. The van der Waals surface area contributed by atoms with Crippen molar-refractivity contribution in [1.82, 2.24) is 0 Å². The highest BCUT2D eigenvalue weighted by Crippen LogP contribution is 2.38. The Bertz CT molecular complexity index is 450. The maximum Gasteiger partial charge on any atom is 0.157 e. The van der Waals surface area contributed by atoms with Crippen LogP contribution in [0.5, 0.6) is 0 Å². The summed E-state index contributed by atoms with van der Waals surface area (Å²) in [5.74, 6) is -0.134. The molecule has 1 aromatic carbocycles. The minimum atomic E-state index is -0.134. The summed E-state index contributed by atoms with van der Waals surface area (Å²) in [6.45, 7) is 0. The van der Waals surface area contributed by atoms with Crippen molar-refractivity contribution in [3.63, 3.8) is 0 Å². The molecule has 0 unspecified atom stereocenters. The molecule has 0 radical (unpaired) electrons. The monoisotopic (exact) mass is 276 g/mol. The van der Waals surface area contributed by atoms with E-state index in [1.54, 1.807) is 11.8 Å². The maximum absolute atomic E-state index is 13.6. The van der Waals surface area contributed by atoms with E-state index in [2.05, 4.69) is 15.9 Å². The smallest absolute Gasteiger partial charge is 0.157 e. The minimum absolute atomic E-state index is 0.134. The van der Waals surface area contributed by atoms with E-state index in [0.717, 1.165) is 15.0 Å². The number of hydrogen-bond donors (Lipinski definition) is 0. The Kier molecular flexibility index (Phi) is 2.62. The first-order valence-electron chi connectivity index (χ1n) is 3.64. The molecule has 1 aromatic heterocycles. The Balaban J connectivity index is 2.87. The first-order valence-corrected chi connectivity index (χ1v) is 6.48. The Morgan fingerprint density at radius 1 is 1.46 bits per heavy atom. The van der Waals surface area contributed by atoms with E-state index in [0.29, 0.717) is 3.79 Å². The van der Waals surface area contributed by atoms with Crippen LogP contribution in [-0.4, -0.2) is 6.26 Å². The maximum atomic E-state index is 13.6. The van der Waals surface area contributed by atoms with Gasteiger partial charge in [0.2, 0.25) is 0 Å². The number of hydrogen-bond acceptors (Lipinski definition) is 2. The van der Waals surface area contributed by atoms with Crippen LogP contribution in [0.15, 0.2) is 26.9 Å². The average molecular weight is 277 g/mol. The lowest BCUT2D eigenvalue weighted by molar-refractivity contribution is 0.637. The van der Waals surface area contributed by atoms with Crippen molar-refractivity contribution in [2.24, 2.45) is 0 Å². The molecule has 13 heavy (non-hydrogen) atoms. The fourth-order valence-corrected chi connectivity index (χ4v) is 3.46. The molecule has 68 valence electrons. The molecule has 0 saturated heterocycles. The SMILES string of the molecule is CSc1cccc2sc(Br)c(F)c12. The summed E-state index contributed by atoms with van der Waals surface area (Å²) in [5, 5.41) is 0.742. The second kappa shape index (κ2) is 3.59. The summed E-state index contributed by atoms with van der Waals surface area (Å²) in [6.07, 6.45) is 1.96. The third-order valence-corrected chi connectivity index (χ3v) is 4.33. The second-order valence-corrected chi connectivity index (χ2v) is 5.74. The van der Waals surface area contributed by atoms with Crippen molar-refractivity contribution in [1.29, 1.82) is 0 Å². The molecular weight excluding hydrogens is 271 g/mol. The van der Waals surface area contributed by atoms with Gasteiger partial charge in [0.25, 0.3) is 0 Å². The van der Waals surface area contributed by atoms with Crippen LogP contribution >= 0.6 is 39.0 Å². The van der Waals surface area contributed by atoms with Crippen LogP contribution in [0.4, 0.5) is 4.39 Å². The Morgan fingerprint density at radius 3 is 2.92 bits per heavy atom. The Morgan fingerprint density at radius 2 is 2.23 bits per heavy atom. The quantitative estimate of drug-likeness (QED) is 0.690. The van der Waals surface area contributed by atoms with Crippen LogP contribution in [0.2, 0.25) is 0 Å². The van der Waals surface area contributed by atoms with Gasteiger partial charge in [-0.05, 0) is 34.3 Å². The summed E-state index contributed by atoms with van der Waals surface area (Å²) in [4.78, 5) is 0.997. The number of fused-ring (bicyclic) bond motifs is 1. The van der Waals surface area contributed by atoms with Gasteiger partial charge in [0.15, 0.2) is 5.82 Å². The summed E-state index contributed by atoms with van der Waals surface area (Å²) < 4.78 is 15.1. The number of thioether (sulfide) groups is 1. The summed E-state index contributed by atoms with van der Waals surface area (Å²) in [6, 6.07) is 5.83. The zero-order valence-corrected chi connectivity index (χ0v) is 10.0. The molecule has 0 aliphatic heterocycles. The predicted molar refractivity (Wildman–Crippen MR) is 61.3 cm³/mol. The van der Waals surface area contributed by atoms with Gasteiger partial charge in [-0.1, -0.05) is 6.07 Å². The van der Waals surface area contributed by atoms with Gasteiger partial charge >= 0.3 is 0 Å². The van der Waals surface area contributed by atoms with Crippen LogP contribution in [0.3, 0.4) is 0 Å². The molecule has 0 nitrogen and oxygen atoms in total. The third kappa shape index (κ3) is 1.51. The van der Waals surface area contributed by atoms with Gasteiger partial charge in [-0.15, -0.1) is 23.1 Å². The van der Waals surface area contributed by atoms with Crippen LogP contribution in [0.25, 0.3) is 10.1 Å². The zero-order valence-electron chi connectivity index (χ0n) is 6.80. The normalized spacial score (nSPS) is 11.0. The molecule has 0 aliphatic carbocycles. The highest BCUT2D eigenvalue weighted by Gasteiger charge is 2.12. The van der Waals surface area contributed by atoms with E-state index in [1.165, 1.54) is 11.3 Å². The van der Waals surface area contributed by atoms with E-state index in [1.807, 2.05) is 24.5 Å². The molecule has 4 heteroatoms. The van der Waals surface area contributed by atoms with E-state index in [-0.39, 0.29) is 5.82 Å². The molecule has 2 rings (SSSR count). The third-order valence-electron chi connectivity index (χ3n) is 1.80. The number of thiophene rings is 1. The van der Waals surface area contributed by atoms with Crippen molar-refractivity contribution in [2.75, 3.05) is 6.26 Å². The minimum Gasteiger partial charge on any atom is -0.204 e. The van der Waals surface area contributed by atoms with E-state index < -0.39 is 0 Å². The van der Waals surface area contributed by atoms with E-state index in [4.69, 9.17) is 0 Å². The molecular formula is C9H6BrFS2. The van der Waals surface area contributed by atoms with Crippen LogP contribution in [0.1, 0.15) is 0 Å². The van der Waals surface area contributed by atoms with Crippen molar-refractivity contribution >= 4 is 49.1 Å². The van der Waals surface area contributed by atoms with Crippen molar-refractivity contribution in [3.8, 4) is 0 Å². The molecule has 0 fully saturated rings. The van der Waals surface area contributed by atoms with Crippen LogP contribution < -0.4 is 0 Å². The molecule has 0 N–H and O–H groups in total. The molecule has 0 aliphatic rings. The van der Waals surface area contributed by atoms with Crippen molar-refractivity contribution < 1.29 is 4.39 Å². The molecule has 1 heterocycles. The van der Waals surface area contributed by atoms with Crippen LogP contribution in [0, 0.1) is 5.82 Å². The van der Waals surface area contributed by atoms with Gasteiger partial charge in [-0.3, -0.25) is 0 Å². The first kappa shape index (κ1) is 9.49. The standard InChI is InChI=1S/C9H6BrFS2/c1-12-5-3-2-4-6-7(5)8(11)9(10)13-6/h2-4H,1H3. The Hall–Kier alpha value is -0.0600. The van der Waals surface area contributed by atoms with E-state index in [9.17, 15) is 4.39 Å². The molecule has 0 saturated carbocycles. The highest BCUT2D eigenvalue weighted by atomic mass is 79.9. The summed E-state index contributed by atoms with van der Waals surface area (Å²) in [5.41, 5.74) is 0. The Labute approximate surface area is 92.3 Å². The molecule has 0 bridgehead atoms. The molecule has 0 atom stereocenters. The van der Waals surface area contributed by atoms with Crippen molar-refractivity contribution in [3.05, 3.63) is 27.8 Å². The number of rotatable bonds is 1. The second-order valence-electron chi connectivity index (χ2n) is 2.52. The lowest BCUT2D eigenvalue weighted by Gasteiger charge is -1.97. The fraction of sp³-hybridized carbons (Fsp3) is 0.111. The molecule has 2 aromatic rings. The lowest BCUT2D eigenvalue weighted by Crippen LogP contribution is -1.74. The zero-order chi connectivity index (χ0) is 9.42. The van der Waals surface area contributed by atoms with Gasteiger partial charge in [0.1, 0.15) is 3.79 Å². The van der Waals surface area contributed by atoms with Crippen molar-refractivity contribution in [2.45, 2.75) is 4.90 Å². The number of halogens is 2. The average Bonchev–Trinajstić information content (AvgIpc) is 2.43. The van der Waals surface area contributed by atoms with Crippen LogP contribution in [-0.2, 0) is 0 Å². The summed E-state index contributed by atoms with van der Waals surface area (Å²) in [7, 11) is 0. The van der Waals surface area contributed by atoms with Gasteiger partial charge < -0.3 is 0 Å². The predicted octanol–water partition coefficient (Wildman–Crippen LogP) is 4.52. The lowest BCUT2D eigenvalue weighted by atomic mass is 10.2. The van der Waals surface area contributed by atoms with Gasteiger partial charge in [-0.25, -0.2) is 4.39 Å². The fourth-order valence-electron chi connectivity index (χ4n) is 1.22. The largest absolute Gasteiger partial charge is 0.204 e.